The van der Waals surface area contributed by atoms with Gasteiger partial charge in [0, 0.05) is 15.2 Å². The number of hydrogen-bond acceptors (Lipinski definition) is 3. The standard InChI is InChI=1S/C13H12BrClN2O2S/c1-8-11(15)3-2-4-13(8)17-20(18,19)9-5-6-10(14)12(16)7-9/h2-7,17H,16H2,1H3. The summed E-state index contributed by atoms with van der Waals surface area (Å²) >= 11 is 9.20. The van der Waals surface area contributed by atoms with Gasteiger partial charge < -0.3 is 5.73 Å². The van der Waals surface area contributed by atoms with E-state index in [-0.39, 0.29) is 4.90 Å². The molecule has 7 heteroatoms. The van der Waals surface area contributed by atoms with Gasteiger partial charge in [-0.2, -0.15) is 0 Å². The van der Waals surface area contributed by atoms with Crippen molar-refractivity contribution in [3.05, 3.63) is 51.5 Å². The van der Waals surface area contributed by atoms with Gasteiger partial charge in [-0.05, 0) is 58.7 Å². The third-order valence-electron chi connectivity index (χ3n) is 2.79. The molecule has 0 saturated heterocycles. The highest BCUT2D eigenvalue weighted by atomic mass is 79.9. The van der Waals surface area contributed by atoms with Crippen LogP contribution in [0, 0.1) is 6.92 Å². The summed E-state index contributed by atoms with van der Waals surface area (Å²) in [7, 11) is -3.70. The fraction of sp³-hybridized carbons (Fsp3) is 0.0769. The number of nitrogen functional groups attached to an aromatic ring is 1. The molecule has 0 aliphatic heterocycles. The van der Waals surface area contributed by atoms with Crippen LogP contribution in [0.1, 0.15) is 5.56 Å². The first-order valence-electron chi connectivity index (χ1n) is 5.64. The van der Waals surface area contributed by atoms with Crippen molar-refractivity contribution in [1.29, 1.82) is 0 Å². The molecule has 0 atom stereocenters. The molecule has 0 heterocycles. The monoisotopic (exact) mass is 374 g/mol. The van der Waals surface area contributed by atoms with E-state index in [0.29, 0.717) is 26.4 Å². The van der Waals surface area contributed by atoms with Crippen molar-refractivity contribution < 1.29 is 8.42 Å². The Kier molecular flexibility index (Phi) is 4.27. The number of hydrogen-bond donors (Lipinski definition) is 2. The lowest BCUT2D eigenvalue weighted by Gasteiger charge is -2.12. The molecule has 3 N–H and O–H groups in total. The van der Waals surface area contributed by atoms with Gasteiger partial charge in [0.25, 0.3) is 10.0 Å². The number of nitrogens with two attached hydrogens (primary N) is 1. The lowest BCUT2D eigenvalue weighted by molar-refractivity contribution is 0.601. The van der Waals surface area contributed by atoms with Crippen molar-refractivity contribution in [2.45, 2.75) is 11.8 Å². The summed E-state index contributed by atoms with van der Waals surface area (Å²) in [6, 6.07) is 9.50. The van der Waals surface area contributed by atoms with Gasteiger partial charge in [-0.15, -0.1) is 0 Å². The quantitative estimate of drug-likeness (QED) is 0.802. The maximum Gasteiger partial charge on any atom is 0.261 e. The highest BCUT2D eigenvalue weighted by molar-refractivity contribution is 9.10. The number of benzene rings is 2. The highest BCUT2D eigenvalue weighted by Crippen LogP contribution is 2.27. The minimum atomic E-state index is -3.70. The van der Waals surface area contributed by atoms with Crippen LogP contribution in [0.25, 0.3) is 0 Å². The van der Waals surface area contributed by atoms with E-state index in [0.717, 1.165) is 0 Å². The summed E-state index contributed by atoms with van der Waals surface area (Å²) in [5, 5.41) is 0.500. The Labute approximate surface area is 131 Å². The second kappa shape index (κ2) is 5.63. The number of anilines is 2. The topological polar surface area (TPSA) is 72.2 Å². The molecule has 0 amide bonds. The Balaban J connectivity index is 2.41. The third kappa shape index (κ3) is 3.08. The summed E-state index contributed by atoms with van der Waals surface area (Å²) in [6.45, 7) is 1.75. The van der Waals surface area contributed by atoms with E-state index in [9.17, 15) is 8.42 Å². The molecule has 0 saturated carbocycles. The molecule has 2 aromatic rings. The summed E-state index contributed by atoms with van der Waals surface area (Å²) < 4.78 is 27.8. The SMILES string of the molecule is Cc1c(Cl)cccc1NS(=O)(=O)c1ccc(Br)c(N)c1. The second-order valence-electron chi connectivity index (χ2n) is 4.20. The van der Waals surface area contributed by atoms with E-state index in [1.165, 1.54) is 12.1 Å². The molecule has 4 nitrogen and oxygen atoms in total. The van der Waals surface area contributed by atoms with Crippen LogP contribution >= 0.6 is 27.5 Å². The van der Waals surface area contributed by atoms with E-state index < -0.39 is 10.0 Å². The molecule has 0 unspecified atom stereocenters. The van der Waals surface area contributed by atoms with Crippen LogP contribution in [-0.4, -0.2) is 8.42 Å². The van der Waals surface area contributed by atoms with Crippen LogP contribution in [0.15, 0.2) is 45.8 Å². The smallest absolute Gasteiger partial charge is 0.261 e. The molecule has 106 valence electrons. The Morgan fingerprint density at radius 1 is 1.25 bits per heavy atom. The van der Waals surface area contributed by atoms with Crippen LogP contribution < -0.4 is 10.5 Å². The zero-order valence-electron chi connectivity index (χ0n) is 10.5. The molecule has 0 aliphatic rings. The Morgan fingerprint density at radius 2 is 1.95 bits per heavy atom. The summed E-state index contributed by atoms with van der Waals surface area (Å²) in [4.78, 5) is 0.0950. The first-order chi connectivity index (χ1) is 9.31. The second-order valence-corrected chi connectivity index (χ2v) is 7.15. The van der Waals surface area contributed by atoms with E-state index in [1.54, 1.807) is 31.2 Å². The van der Waals surface area contributed by atoms with Gasteiger partial charge in [0.1, 0.15) is 0 Å². The van der Waals surface area contributed by atoms with Crippen LogP contribution in [0.5, 0.6) is 0 Å². The zero-order chi connectivity index (χ0) is 14.9. The molecule has 0 aliphatic carbocycles. The Morgan fingerprint density at radius 3 is 2.60 bits per heavy atom. The average molecular weight is 376 g/mol. The molecular formula is C13H12BrClN2O2S. The normalized spacial score (nSPS) is 11.3. The molecule has 0 aromatic heterocycles. The summed E-state index contributed by atoms with van der Waals surface area (Å²) in [5.74, 6) is 0. The molecule has 0 radical (unpaired) electrons. The largest absolute Gasteiger partial charge is 0.398 e. The first kappa shape index (κ1) is 15.2. The molecule has 0 bridgehead atoms. The number of halogens is 2. The molecule has 0 fully saturated rings. The van der Waals surface area contributed by atoms with Gasteiger partial charge in [0.05, 0.1) is 10.6 Å². The zero-order valence-corrected chi connectivity index (χ0v) is 13.7. The molecule has 2 aromatic carbocycles. The van der Waals surface area contributed by atoms with Crippen molar-refractivity contribution in [1.82, 2.24) is 0 Å². The van der Waals surface area contributed by atoms with Gasteiger partial charge in [0.15, 0.2) is 0 Å². The molecular weight excluding hydrogens is 364 g/mol. The molecule has 20 heavy (non-hydrogen) atoms. The highest BCUT2D eigenvalue weighted by Gasteiger charge is 2.16. The van der Waals surface area contributed by atoms with Gasteiger partial charge in [-0.25, -0.2) is 8.42 Å². The van der Waals surface area contributed by atoms with E-state index in [4.69, 9.17) is 17.3 Å². The summed E-state index contributed by atoms with van der Waals surface area (Å²) in [6.07, 6.45) is 0. The van der Waals surface area contributed by atoms with Crippen LogP contribution in [0.2, 0.25) is 5.02 Å². The van der Waals surface area contributed by atoms with E-state index >= 15 is 0 Å². The number of sulfonamides is 1. The minimum Gasteiger partial charge on any atom is -0.398 e. The van der Waals surface area contributed by atoms with Crippen molar-refractivity contribution in [3.63, 3.8) is 0 Å². The third-order valence-corrected chi connectivity index (χ3v) is 5.28. The first-order valence-corrected chi connectivity index (χ1v) is 8.29. The van der Waals surface area contributed by atoms with Crippen LogP contribution in [-0.2, 0) is 10.0 Å². The molecule has 0 spiro atoms. The van der Waals surface area contributed by atoms with Gasteiger partial charge in [-0.1, -0.05) is 17.7 Å². The van der Waals surface area contributed by atoms with Crippen LogP contribution in [0.3, 0.4) is 0 Å². The average Bonchev–Trinajstić information content (AvgIpc) is 2.38. The van der Waals surface area contributed by atoms with Crippen molar-refractivity contribution in [3.8, 4) is 0 Å². The maximum absolute atomic E-state index is 12.3. The fourth-order valence-electron chi connectivity index (χ4n) is 1.61. The van der Waals surface area contributed by atoms with Gasteiger partial charge in [0.2, 0.25) is 0 Å². The predicted molar refractivity (Wildman–Crippen MR) is 85.6 cm³/mol. The summed E-state index contributed by atoms with van der Waals surface area (Å²) in [5.41, 5.74) is 7.17. The Bertz CT molecular complexity index is 763. The minimum absolute atomic E-state index is 0.0950. The van der Waals surface area contributed by atoms with E-state index in [2.05, 4.69) is 20.7 Å². The van der Waals surface area contributed by atoms with Crippen LogP contribution in [0.4, 0.5) is 11.4 Å². The van der Waals surface area contributed by atoms with E-state index in [1.807, 2.05) is 0 Å². The lowest BCUT2D eigenvalue weighted by atomic mass is 10.2. The molecule has 2 rings (SSSR count). The van der Waals surface area contributed by atoms with Gasteiger partial charge >= 0.3 is 0 Å². The van der Waals surface area contributed by atoms with Gasteiger partial charge in [-0.3, -0.25) is 4.72 Å². The Hall–Kier alpha value is -1.24. The van der Waals surface area contributed by atoms with Crippen molar-refractivity contribution >= 4 is 48.9 Å². The maximum atomic E-state index is 12.3. The van der Waals surface area contributed by atoms with Crippen molar-refractivity contribution in [2.24, 2.45) is 0 Å². The lowest BCUT2D eigenvalue weighted by Crippen LogP contribution is -2.14. The predicted octanol–water partition coefficient (Wildman–Crippen LogP) is 3.79. The number of rotatable bonds is 3. The fourth-order valence-corrected chi connectivity index (χ4v) is 3.19. The van der Waals surface area contributed by atoms with Crippen molar-refractivity contribution in [2.75, 3.05) is 10.5 Å². The number of nitrogens with one attached hydrogen (secondary N) is 1.